The largest absolute Gasteiger partial charge is 0.496 e. The highest BCUT2D eigenvalue weighted by Gasteiger charge is 2.40. The standard InChI is InChI=1S/C28H25N3O5S/c1-30-20-9-5-4-8-19(20)25-26(27(33)29-14-17-7-3-6-10-21(17)34-2)31(24(32)15-37-28(25)30)18-11-12-22-23(13-18)36-16-35-22/h3-13,26H,14-16H2,1-2H3,(H,29,33). The van der Waals surface area contributed by atoms with Gasteiger partial charge in [0.25, 0.3) is 0 Å². The Morgan fingerprint density at radius 3 is 2.73 bits per heavy atom. The summed E-state index contributed by atoms with van der Waals surface area (Å²) < 4.78 is 18.6. The first-order valence-electron chi connectivity index (χ1n) is 11.9. The number of aryl methyl sites for hydroxylation is 1. The highest BCUT2D eigenvalue weighted by Crippen LogP contribution is 2.45. The van der Waals surface area contributed by atoms with Gasteiger partial charge in [-0.25, -0.2) is 0 Å². The molecule has 4 aromatic rings. The molecule has 0 saturated heterocycles. The van der Waals surface area contributed by atoms with Crippen LogP contribution in [0.1, 0.15) is 17.2 Å². The normalized spacial score (nSPS) is 16.4. The molecule has 8 nitrogen and oxygen atoms in total. The minimum Gasteiger partial charge on any atom is -0.496 e. The third kappa shape index (κ3) is 3.95. The van der Waals surface area contributed by atoms with Crippen molar-refractivity contribution in [2.24, 2.45) is 7.05 Å². The molecule has 9 heteroatoms. The molecule has 0 saturated carbocycles. The summed E-state index contributed by atoms with van der Waals surface area (Å²) in [4.78, 5) is 29.3. The van der Waals surface area contributed by atoms with E-state index in [0.29, 0.717) is 22.9 Å². The number of nitrogens with zero attached hydrogens (tertiary/aromatic N) is 2. The lowest BCUT2D eigenvalue weighted by Gasteiger charge is -2.30. The van der Waals surface area contributed by atoms with E-state index in [1.54, 1.807) is 30.2 Å². The lowest BCUT2D eigenvalue weighted by molar-refractivity contribution is -0.125. The van der Waals surface area contributed by atoms with Crippen molar-refractivity contribution in [3.05, 3.63) is 77.9 Å². The predicted molar refractivity (Wildman–Crippen MR) is 141 cm³/mol. The molecule has 0 bridgehead atoms. The van der Waals surface area contributed by atoms with Gasteiger partial charge in [-0.2, -0.15) is 0 Å². The molecule has 0 radical (unpaired) electrons. The topological polar surface area (TPSA) is 82.0 Å². The van der Waals surface area contributed by atoms with Gasteiger partial charge >= 0.3 is 0 Å². The maximum Gasteiger partial charge on any atom is 0.248 e. The van der Waals surface area contributed by atoms with E-state index in [9.17, 15) is 9.59 Å². The van der Waals surface area contributed by atoms with Crippen molar-refractivity contribution >= 4 is 40.2 Å². The summed E-state index contributed by atoms with van der Waals surface area (Å²) in [5.41, 5.74) is 3.24. The second-order valence-electron chi connectivity index (χ2n) is 8.82. The Kier molecular flexibility index (Phi) is 5.92. The van der Waals surface area contributed by atoms with Crippen LogP contribution in [0.4, 0.5) is 5.69 Å². The van der Waals surface area contributed by atoms with Crippen LogP contribution >= 0.6 is 11.8 Å². The van der Waals surface area contributed by atoms with Crippen molar-refractivity contribution in [1.29, 1.82) is 0 Å². The second kappa shape index (κ2) is 9.40. The zero-order valence-electron chi connectivity index (χ0n) is 20.4. The lowest BCUT2D eigenvalue weighted by Crippen LogP contribution is -2.43. The fourth-order valence-electron chi connectivity index (χ4n) is 5.02. The van der Waals surface area contributed by atoms with Crippen LogP contribution in [0.25, 0.3) is 10.9 Å². The van der Waals surface area contributed by atoms with Crippen LogP contribution in [0.3, 0.4) is 0 Å². The predicted octanol–water partition coefficient (Wildman–Crippen LogP) is 4.41. The minimum atomic E-state index is -0.890. The van der Waals surface area contributed by atoms with Crippen LogP contribution in [-0.4, -0.2) is 36.0 Å². The molecule has 2 aliphatic rings. The maximum absolute atomic E-state index is 14.1. The van der Waals surface area contributed by atoms with Gasteiger partial charge in [-0.1, -0.05) is 48.2 Å². The lowest BCUT2D eigenvalue weighted by atomic mass is 10.0. The molecule has 1 atom stereocenters. The zero-order chi connectivity index (χ0) is 25.5. The van der Waals surface area contributed by atoms with Gasteiger partial charge in [0, 0.05) is 47.4 Å². The Morgan fingerprint density at radius 2 is 1.86 bits per heavy atom. The molecule has 0 spiro atoms. The summed E-state index contributed by atoms with van der Waals surface area (Å²) in [6.45, 7) is 0.384. The van der Waals surface area contributed by atoms with Crippen LogP contribution in [0.15, 0.2) is 71.8 Å². The summed E-state index contributed by atoms with van der Waals surface area (Å²) in [7, 11) is 3.57. The fraction of sp³-hybridized carbons (Fsp3) is 0.214. The van der Waals surface area contributed by atoms with E-state index in [-0.39, 0.29) is 30.9 Å². The molecule has 188 valence electrons. The fourth-order valence-corrected chi connectivity index (χ4v) is 6.08. The first-order valence-corrected chi connectivity index (χ1v) is 12.9. The Bertz CT molecular complexity index is 1530. The summed E-state index contributed by atoms with van der Waals surface area (Å²) >= 11 is 1.45. The van der Waals surface area contributed by atoms with Gasteiger partial charge in [-0.3, -0.25) is 14.5 Å². The monoisotopic (exact) mass is 515 g/mol. The molecular weight excluding hydrogens is 490 g/mol. The maximum atomic E-state index is 14.1. The molecule has 0 fully saturated rings. The van der Waals surface area contributed by atoms with E-state index >= 15 is 0 Å². The quantitative estimate of drug-likeness (QED) is 0.424. The van der Waals surface area contributed by atoms with Gasteiger partial charge in [0.1, 0.15) is 11.8 Å². The van der Waals surface area contributed by atoms with E-state index < -0.39 is 6.04 Å². The number of para-hydroxylation sites is 2. The number of methoxy groups -OCH3 is 1. The Hall–Kier alpha value is -4.11. The van der Waals surface area contributed by atoms with E-state index in [1.807, 2.05) is 55.6 Å². The number of benzene rings is 3. The molecule has 2 aliphatic heterocycles. The van der Waals surface area contributed by atoms with E-state index in [2.05, 4.69) is 9.88 Å². The minimum absolute atomic E-state index is 0.124. The molecule has 0 aliphatic carbocycles. The number of carbonyl (C=O) groups is 2. The summed E-state index contributed by atoms with van der Waals surface area (Å²) in [6.07, 6.45) is 0. The number of carbonyl (C=O) groups excluding carboxylic acids is 2. The van der Waals surface area contributed by atoms with Crippen molar-refractivity contribution in [3.8, 4) is 17.2 Å². The Labute approximate surface area is 218 Å². The number of hydrogen-bond acceptors (Lipinski definition) is 6. The van der Waals surface area contributed by atoms with Gasteiger partial charge in [0.15, 0.2) is 11.5 Å². The number of ether oxygens (including phenoxy) is 3. The molecule has 37 heavy (non-hydrogen) atoms. The van der Waals surface area contributed by atoms with Crippen LogP contribution in [-0.2, 0) is 23.2 Å². The average molecular weight is 516 g/mol. The Balaban J connectivity index is 1.48. The number of aromatic nitrogens is 1. The third-order valence-electron chi connectivity index (χ3n) is 6.75. The second-order valence-corrected chi connectivity index (χ2v) is 9.78. The van der Waals surface area contributed by atoms with E-state index in [0.717, 1.165) is 27.1 Å². The molecule has 1 unspecified atom stereocenters. The van der Waals surface area contributed by atoms with Gasteiger partial charge in [0.2, 0.25) is 18.6 Å². The van der Waals surface area contributed by atoms with Crippen molar-refractivity contribution < 1.29 is 23.8 Å². The summed E-state index contributed by atoms with van der Waals surface area (Å²) in [6, 6.07) is 20.0. The average Bonchev–Trinajstić information content (AvgIpc) is 3.46. The van der Waals surface area contributed by atoms with Crippen LogP contribution in [0.2, 0.25) is 0 Å². The number of nitrogens with one attached hydrogen (secondary N) is 1. The van der Waals surface area contributed by atoms with Gasteiger partial charge in [-0.15, -0.1) is 0 Å². The molecule has 1 aromatic heterocycles. The number of rotatable bonds is 5. The smallest absolute Gasteiger partial charge is 0.248 e. The molecule has 3 aromatic carbocycles. The highest BCUT2D eigenvalue weighted by atomic mass is 32.2. The molecule has 1 N–H and O–H groups in total. The van der Waals surface area contributed by atoms with Gasteiger partial charge in [0.05, 0.1) is 17.9 Å². The van der Waals surface area contributed by atoms with Crippen LogP contribution < -0.4 is 24.4 Å². The first kappa shape index (κ1) is 23.3. The number of anilines is 1. The third-order valence-corrected chi connectivity index (χ3v) is 7.91. The zero-order valence-corrected chi connectivity index (χ0v) is 21.2. The molecule has 2 amide bonds. The number of hydrogen-bond donors (Lipinski definition) is 1. The number of thioether (sulfide) groups is 1. The van der Waals surface area contributed by atoms with Crippen molar-refractivity contribution in [2.45, 2.75) is 17.6 Å². The van der Waals surface area contributed by atoms with Gasteiger partial charge in [-0.05, 0) is 24.3 Å². The van der Waals surface area contributed by atoms with E-state index in [1.165, 1.54) is 11.8 Å². The van der Waals surface area contributed by atoms with Crippen molar-refractivity contribution in [2.75, 3.05) is 24.6 Å². The molecular formula is C28H25N3O5S. The Morgan fingerprint density at radius 1 is 1.08 bits per heavy atom. The molecule has 3 heterocycles. The summed E-state index contributed by atoms with van der Waals surface area (Å²) in [5, 5.41) is 4.91. The van der Waals surface area contributed by atoms with Crippen molar-refractivity contribution in [1.82, 2.24) is 9.88 Å². The van der Waals surface area contributed by atoms with Crippen LogP contribution in [0, 0.1) is 0 Å². The van der Waals surface area contributed by atoms with Gasteiger partial charge < -0.3 is 24.1 Å². The molecule has 6 rings (SSSR count). The number of fused-ring (bicyclic) bond motifs is 4. The highest BCUT2D eigenvalue weighted by molar-refractivity contribution is 8.00. The first-order chi connectivity index (χ1) is 18.1. The number of amides is 2. The summed E-state index contributed by atoms with van der Waals surface area (Å²) in [5.74, 6) is 1.60. The van der Waals surface area contributed by atoms with Crippen LogP contribution in [0.5, 0.6) is 17.2 Å². The van der Waals surface area contributed by atoms with E-state index in [4.69, 9.17) is 14.2 Å². The van der Waals surface area contributed by atoms with Crippen molar-refractivity contribution in [3.63, 3.8) is 0 Å². The SMILES string of the molecule is COc1ccccc1CNC(=O)C1c2c(n(C)c3ccccc23)SCC(=O)N1c1ccc2c(c1)OCO2.